The molecule has 1 saturated heterocycles. The van der Waals surface area contributed by atoms with Crippen LogP contribution in [-0.2, 0) is 9.53 Å². The molecule has 2 heterocycles. The Bertz CT molecular complexity index is 558. The molecule has 0 radical (unpaired) electrons. The molecule has 1 atom stereocenters. The van der Waals surface area contributed by atoms with E-state index in [0.29, 0.717) is 23.7 Å². The van der Waals surface area contributed by atoms with Gasteiger partial charge in [0.15, 0.2) is 17.5 Å². The number of carbonyl (C=O) groups is 2. The van der Waals surface area contributed by atoms with Crippen LogP contribution in [0.4, 0.5) is 0 Å². The van der Waals surface area contributed by atoms with Crippen LogP contribution in [0.1, 0.15) is 10.4 Å². The average Bonchev–Trinajstić information content (AvgIpc) is 2.94. The molecule has 7 heteroatoms. The predicted molar refractivity (Wildman–Crippen MR) is 65.8 cm³/mol. The lowest BCUT2D eigenvalue weighted by molar-refractivity contribution is -0.147. The highest BCUT2D eigenvalue weighted by Crippen LogP contribution is 2.36. The lowest BCUT2D eigenvalue weighted by Gasteiger charge is -2.33. The first-order chi connectivity index (χ1) is 9.68. The lowest BCUT2D eigenvalue weighted by Crippen LogP contribution is -2.52. The van der Waals surface area contributed by atoms with Crippen LogP contribution in [-0.4, -0.2) is 54.5 Å². The maximum Gasteiger partial charge on any atom is 0.328 e. The normalized spacial score (nSPS) is 20.8. The van der Waals surface area contributed by atoms with Gasteiger partial charge in [-0.05, 0) is 12.1 Å². The molecule has 0 unspecified atom stereocenters. The number of benzene rings is 1. The molecule has 1 amide bonds. The molecule has 1 fully saturated rings. The highest BCUT2D eigenvalue weighted by Gasteiger charge is 2.35. The summed E-state index contributed by atoms with van der Waals surface area (Å²) in [6.07, 6.45) is 0. The van der Waals surface area contributed by atoms with Gasteiger partial charge in [0.25, 0.3) is 5.91 Å². The van der Waals surface area contributed by atoms with Gasteiger partial charge in [0.1, 0.15) is 0 Å². The SMILES string of the molecule is O=C(O)[C@H]1COCCN1C(=O)c1cccc2c1OCO2. The number of ether oxygens (including phenoxy) is 3. The van der Waals surface area contributed by atoms with E-state index in [-0.39, 0.29) is 25.9 Å². The molecule has 2 aliphatic heterocycles. The predicted octanol–water partition coefficient (Wildman–Crippen LogP) is 0.341. The molecule has 20 heavy (non-hydrogen) atoms. The third kappa shape index (κ3) is 2.05. The molecule has 0 bridgehead atoms. The van der Waals surface area contributed by atoms with Crippen LogP contribution in [0.15, 0.2) is 18.2 Å². The maximum atomic E-state index is 12.5. The van der Waals surface area contributed by atoms with E-state index >= 15 is 0 Å². The quantitative estimate of drug-likeness (QED) is 0.840. The van der Waals surface area contributed by atoms with Crippen LogP contribution in [0.25, 0.3) is 0 Å². The summed E-state index contributed by atoms with van der Waals surface area (Å²) in [6.45, 7) is 0.612. The van der Waals surface area contributed by atoms with Crippen molar-refractivity contribution >= 4 is 11.9 Å². The van der Waals surface area contributed by atoms with Crippen molar-refractivity contribution in [3.63, 3.8) is 0 Å². The Labute approximate surface area is 114 Å². The minimum atomic E-state index is -1.08. The first kappa shape index (κ1) is 12.7. The third-order valence-corrected chi connectivity index (χ3v) is 3.30. The number of para-hydroxylation sites is 1. The molecule has 0 aliphatic carbocycles. The Kier molecular flexibility index (Phi) is 3.19. The van der Waals surface area contributed by atoms with Gasteiger partial charge in [-0.25, -0.2) is 4.79 Å². The number of hydrogen-bond donors (Lipinski definition) is 1. The zero-order valence-corrected chi connectivity index (χ0v) is 10.6. The Morgan fingerprint density at radius 3 is 2.95 bits per heavy atom. The fourth-order valence-corrected chi connectivity index (χ4v) is 2.30. The minimum absolute atomic E-state index is 0.00649. The Balaban J connectivity index is 1.92. The molecular formula is C13H13NO6. The smallest absolute Gasteiger partial charge is 0.328 e. The third-order valence-electron chi connectivity index (χ3n) is 3.30. The first-order valence-corrected chi connectivity index (χ1v) is 6.18. The number of aliphatic carboxylic acids is 1. The Morgan fingerprint density at radius 2 is 2.15 bits per heavy atom. The molecule has 106 valence electrons. The molecule has 0 saturated carbocycles. The molecule has 7 nitrogen and oxygen atoms in total. The van der Waals surface area contributed by atoms with Crippen molar-refractivity contribution in [1.29, 1.82) is 0 Å². The Morgan fingerprint density at radius 1 is 1.30 bits per heavy atom. The van der Waals surface area contributed by atoms with E-state index in [2.05, 4.69) is 0 Å². The number of amides is 1. The highest BCUT2D eigenvalue weighted by molar-refractivity contribution is 6.00. The van der Waals surface area contributed by atoms with Gasteiger partial charge in [-0.15, -0.1) is 0 Å². The molecule has 2 aliphatic rings. The summed E-state index contributed by atoms with van der Waals surface area (Å²) in [4.78, 5) is 25.0. The van der Waals surface area contributed by atoms with Crippen molar-refractivity contribution in [2.75, 3.05) is 26.6 Å². The summed E-state index contributed by atoms with van der Waals surface area (Å²) in [5, 5.41) is 9.17. The van der Waals surface area contributed by atoms with E-state index in [1.165, 1.54) is 4.90 Å². The number of morpholine rings is 1. The van der Waals surface area contributed by atoms with Gasteiger partial charge in [0.2, 0.25) is 6.79 Å². The number of carbonyl (C=O) groups excluding carboxylic acids is 1. The number of rotatable bonds is 2. The maximum absolute atomic E-state index is 12.5. The van der Waals surface area contributed by atoms with Crippen molar-refractivity contribution in [3.05, 3.63) is 23.8 Å². The fourth-order valence-electron chi connectivity index (χ4n) is 2.30. The zero-order chi connectivity index (χ0) is 14.1. The summed E-state index contributed by atoms with van der Waals surface area (Å²) >= 11 is 0. The number of carboxylic acid groups (broad SMARTS) is 1. The average molecular weight is 279 g/mol. The van der Waals surface area contributed by atoms with Crippen LogP contribution in [0.5, 0.6) is 11.5 Å². The van der Waals surface area contributed by atoms with E-state index in [0.717, 1.165) is 0 Å². The lowest BCUT2D eigenvalue weighted by atomic mass is 10.1. The molecule has 3 rings (SSSR count). The molecule has 1 aromatic rings. The number of nitrogens with zero attached hydrogens (tertiary/aromatic N) is 1. The first-order valence-electron chi connectivity index (χ1n) is 6.18. The summed E-state index contributed by atoms with van der Waals surface area (Å²) < 4.78 is 15.6. The number of fused-ring (bicyclic) bond motifs is 1. The van der Waals surface area contributed by atoms with E-state index < -0.39 is 12.0 Å². The number of hydrogen-bond acceptors (Lipinski definition) is 5. The largest absolute Gasteiger partial charge is 0.480 e. The second-order valence-corrected chi connectivity index (χ2v) is 4.47. The monoisotopic (exact) mass is 279 g/mol. The van der Waals surface area contributed by atoms with Gasteiger partial charge in [-0.3, -0.25) is 4.79 Å². The number of carboxylic acids is 1. The zero-order valence-electron chi connectivity index (χ0n) is 10.6. The second-order valence-electron chi connectivity index (χ2n) is 4.47. The van der Waals surface area contributed by atoms with Crippen molar-refractivity contribution < 1.29 is 28.9 Å². The van der Waals surface area contributed by atoms with Crippen LogP contribution in [0.2, 0.25) is 0 Å². The molecule has 1 N–H and O–H groups in total. The second kappa shape index (κ2) is 5.01. The Hall–Kier alpha value is -2.28. The summed E-state index contributed by atoms with van der Waals surface area (Å²) in [5.74, 6) is -0.602. The van der Waals surface area contributed by atoms with E-state index in [1.807, 2.05) is 0 Å². The van der Waals surface area contributed by atoms with Gasteiger partial charge < -0.3 is 24.2 Å². The topological polar surface area (TPSA) is 85.3 Å². The molecule has 0 spiro atoms. The van der Waals surface area contributed by atoms with Crippen LogP contribution in [0.3, 0.4) is 0 Å². The molecular weight excluding hydrogens is 266 g/mol. The fraction of sp³-hybridized carbons (Fsp3) is 0.385. The molecule has 0 aromatic heterocycles. The van der Waals surface area contributed by atoms with E-state index in [9.17, 15) is 9.59 Å². The highest BCUT2D eigenvalue weighted by atomic mass is 16.7. The van der Waals surface area contributed by atoms with Gasteiger partial charge >= 0.3 is 5.97 Å². The van der Waals surface area contributed by atoms with E-state index in [1.54, 1.807) is 18.2 Å². The van der Waals surface area contributed by atoms with Crippen molar-refractivity contribution in [2.24, 2.45) is 0 Å². The summed E-state index contributed by atoms with van der Waals surface area (Å²) in [6, 6.07) is 4.00. The molecule has 1 aromatic carbocycles. The van der Waals surface area contributed by atoms with Crippen molar-refractivity contribution in [1.82, 2.24) is 4.90 Å². The van der Waals surface area contributed by atoms with Gasteiger partial charge in [-0.1, -0.05) is 6.07 Å². The van der Waals surface area contributed by atoms with E-state index in [4.69, 9.17) is 19.3 Å². The summed E-state index contributed by atoms with van der Waals surface area (Å²) in [5.41, 5.74) is 0.313. The van der Waals surface area contributed by atoms with Crippen molar-refractivity contribution in [2.45, 2.75) is 6.04 Å². The van der Waals surface area contributed by atoms with Gasteiger partial charge in [0, 0.05) is 6.54 Å². The van der Waals surface area contributed by atoms with Gasteiger partial charge in [-0.2, -0.15) is 0 Å². The van der Waals surface area contributed by atoms with Gasteiger partial charge in [0.05, 0.1) is 18.8 Å². The van der Waals surface area contributed by atoms with Crippen molar-refractivity contribution in [3.8, 4) is 11.5 Å². The summed E-state index contributed by atoms with van der Waals surface area (Å²) in [7, 11) is 0. The minimum Gasteiger partial charge on any atom is -0.480 e. The van der Waals surface area contributed by atoms with Crippen LogP contribution >= 0.6 is 0 Å². The standard InChI is InChI=1S/C13H13NO6/c15-12(14-4-5-18-6-9(14)13(16)17)8-2-1-3-10-11(8)20-7-19-10/h1-3,9H,4-7H2,(H,16,17)/t9-/m1/s1. The van der Waals surface area contributed by atoms with Crippen LogP contribution < -0.4 is 9.47 Å². The van der Waals surface area contributed by atoms with Crippen LogP contribution in [0, 0.1) is 0 Å².